The molecule has 2 heterocycles. The van der Waals surface area contributed by atoms with Crippen LogP contribution in [0.25, 0.3) is 0 Å². The first-order valence-electron chi connectivity index (χ1n) is 6.74. The minimum Gasteiger partial charge on any atom is -0.458 e. The van der Waals surface area contributed by atoms with Gasteiger partial charge in [-0.25, -0.2) is 0 Å². The summed E-state index contributed by atoms with van der Waals surface area (Å²) >= 11 is 11.9. The van der Waals surface area contributed by atoms with Crippen molar-refractivity contribution in [1.82, 2.24) is 15.0 Å². The number of hydrogen-bond donors (Lipinski definition) is 0. The molecule has 5 nitrogen and oxygen atoms in total. The Morgan fingerprint density at radius 3 is 2.67 bits per heavy atom. The predicted molar refractivity (Wildman–Crippen MR) is 82.1 cm³/mol. The zero-order valence-electron chi connectivity index (χ0n) is 11.3. The largest absolute Gasteiger partial charge is 0.458 e. The van der Waals surface area contributed by atoms with Crippen molar-refractivity contribution in [3.05, 3.63) is 40.1 Å². The van der Waals surface area contributed by atoms with Crippen molar-refractivity contribution in [2.75, 3.05) is 18.0 Å². The van der Waals surface area contributed by atoms with Gasteiger partial charge in [-0.3, -0.25) is 0 Å². The van der Waals surface area contributed by atoms with Gasteiger partial charge in [-0.15, -0.1) is 0 Å². The Kier molecular flexibility index (Phi) is 4.41. The first-order chi connectivity index (χ1) is 10.2. The molecule has 21 heavy (non-hydrogen) atoms. The van der Waals surface area contributed by atoms with Gasteiger partial charge in [-0.05, 0) is 42.1 Å². The molecule has 1 aliphatic rings. The summed E-state index contributed by atoms with van der Waals surface area (Å²) in [6.45, 7) is 2.21. The molecule has 0 radical (unpaired) electrons. The second-order valence-corrected chi connectivity index (χ2v) is 5.57. The van der Waals surface area contributed by atoms with Crippen LogP contribution >= 0.6 is 23.2 Å². The molecule has 110 valence electrons. The molecule has 0 N–H and O–H groups in total. The third-order valence-electron chi connectivity index (χ3n) is 3.22. The summed E-state index contributed by atoms with van der Waals surface area (Å²) in [4.78, 5) is 14.6. The first kappa shape index (κ1) is 14.4. The molecule has 1 aromatic heterocycles. The average Bonchev–Trinajstić information content (AvgIpc) is 2.99. The van der Waals surface area contributed by atoms with Crippen LogP contribution in [-0.4, -0.2) is 28.0 Å². The molecular weight excluding hydrogens is 311 g/mol. The fraction of sp³-hybridized carbons (Fsp3) is 0.357. The van der Waals surface area contributed by atoms with Crippen LogP contribution < -0.4 is 9.64 Å². The van der Waals surface area contributed by atoms with Crippen molar-refractivity contribution < 1.29 is 4.74 Å². The lowest BCUT2D eigenvalue weighted by atomic mass is 10.2. The summed E-state index contributed by atoms with van der Waals surface area (Å²) in [6.07, 6.45) is 2.28. The Hall–Kier alpha value is -1.59. The summed E-state index contributed by atoms with van der Waals surface area (Å²) in [7, 11) is 0. The van der Waals surface area contributed by atoms with Gasteiger partial charge < -0.3 is 9.64 Å². The van der Waals surface area contributed by atoms with Crippen molar-refractivity contribution in [2.24, 2.45) is 0 Å². The molecule has 7 heteroatoms. The summed E-state index contributed by atoms with van der Waals surface area (Å²) in [5, 5.41) is 0.815. The van der Waals surface area contributed by atoms with E-state index in [-0.39, 0.29) is 11.3 Å². The van der Waals surface area contributed by atoms with E-state index in [0.717, 1.165) is 31.5 Å². The monoisotopic (exact) mass is 324 g/mol. The molecule has 0 spiro atoms. The van der Waals surface area contributed by atoms with Crippen molar-refractivity contribution in [3.63, 3.8) is 0 Å². The van der Waals surface area contributed by atoms with Gasteiger partial charge in [0.1, 0.15) is 6.61 Å². The van der Waals surface area contributed by atoms with Crippen LogP contribution in [0.4, 0.5) is 5.95 Å². The molecule has 0 aliphatic carbocycles. The molecule has 1 aliphatic heterocycles. The molecule has 2 aromatic rings. The van der Waals surface area contributed by atoms with Crippen LogP contribution in [0.15, 0.2) is 24.3 Å². The maximum atomic E-state index is 5.95. The van der Waals surface area contributed by atoms with Crippen molar-refractivity contribution >= 4 is 29.2 Å². The Balaban J connectivity index is 1.72. The molecule has 0 amide bonds. The smallest absolute Gasteiger partial charge is 0.322 e. The fourth-order valence-corrected chi connectivity index (χ4v) is 2.58. The van der Waals surface area contributed by atoms with Gasteiger partial charge in [0.25, 0.3) is 0 Å². The summed E-state index contributed by atoms with van der Waals surface area (Å²) < 4.78 is 5.60. The number of hydrogen-bond acceptors (Lipinski definition) is 5. The van der Waals surface area contributed by atoms with Crippen molar-refractivity contribution in [2.45, 2.75) is 19.4 Å². The molecule has 0 atom stereocenters. The molecule has 0 unspecified atom stereocenters. The maximum Gasteiger partial charge on any atom is 0.322 e. The van der Waals surface area contributed by atoms with Crippen molar-refractivity contribution in [1.29, 1.82) is 0 Å². The molecule has 0 saturated carbocycles. The Labute approximate surface area is 132 Å². The zero-order chi connectivity index (χ0) is 14.7. The van der Waals surface area contributed by atoms with Gasteiger partial charge in [0.2, 0.25) is 11.2 Å². The number of benzene rings is 1. The molecule has 1 aromatic carbocycles. The van der Waals surface area contributed by atoms with E-state index in [2.05, 4.69) is 19.9 Å². The third-order valence-corrected chi connectivity index (χ3v) is 3.63. The van der Waals surface area contributed by atoms with E-state index in [1.54, 1.807) is 0 Å². The van der Waals surface area contributed by atoms with Crippen LogP contribution in [0.3, 0.4) is 0 Å². The maximum absolute atomic E-state index is 5.95. The normalized spacial score (nSPS) is 14.5. The second-order valence-electron chi connectivity index (χ2n) is 4.80. The standard InChI is InChI=1S/C14H14Cl2N4O/c15-11-5-3-4-10(8-11)9-21-14-18-12(16)17-13(19-14)20-6-1-2-7-20/h3-5,8H,1-2,6-7,9H2. The van der Waals surface area contributed by atoms with E-state index in [1.165, 1.54) is 0 Å². The SMILES string of the molecule is Clc1cccc(COc2nc(Cl)nc(N3CCCC3)n2)c1. The van der Waals surface area contributed by atoms with Crippen LogP contribution in [-0.2, 0) is 6.61 Å². The van der Waals surface area contributed by atoms with Crippen molar-refractivity contribution in [3.8, 4) is 6.01 Å². The average molecular weight is 325 g/mol. The highest BCUT2D eigenvalue weighted by Crippen LogP contribution is 2.20. The summed E-state index contributed by atoms with van der Waals surface area (Å²) in [6, 6.07) is 7.69. The van der Waals surface area contributed by atoms with E-state index < -0.39 is 0 Å². The van der Waals surface area contributed by atoms with Crippen LogP contribution in [0, 0.1) is 0 Å². The minimum atomic E-state index is 0.146. The lowest BCUT2D eigenvalue weighted by molar-refractivity contribution is 0.280. The highest BCUT2D eigenvalue weighted by molar-refractivity contribution is 6.30. The Bertz CT molecular complexity index is 632. The van der Waals surface area contributed by atoms with E-state index in [4.69, 9.17) is 27.9 Å². The quantitative estimate of drug-likeness (QED) is 0.863. The van der Waals surface area contributed by atoms with Crippen LogP contribution in [0.5, 0.6) is 6.01 Å². The van der Waals surface area contributed by atoms with E-state index in [0.29, 0.717) is 17.6 Å². The highest BCUT2D eigenvalue weighted by Gasteiger charge is 2.17. The highest BCUT2D eigenvalue weighted by atomic mass is 35.5. The topological polar surface area (TPSA) is 51.1 Å². The molecule has 0 bridgehead atoms. The van der Waals surface area contributed by atoms with Crippen LogP contribution in [0.1, 0.15) is 18.4 Å². The van der Waals surface area contributed by atoms with Gasteiger partial charge in [-0.1, -0.05) is 23.7 Å². The lowest BCUT2D eigenvalue weighted by Gasteiger charge is -2.15. The Morgan fingerprint density at radius 1 is 1.10 bits per heavy atom. The summed E-state index contributed by atoms with van der Waals surface area (Å²) in [5.41, 5.74) is 0.946. The van der Waals surface area contributed by atoms with E-state index in [1.807, 2.05) is 24.3 Å². The van der Waals surface area contributed by atoms with Crippen LogP contribution in [0.2, 0.25) is 10.3 Å². The number of ether oxygens (including phenoxy) is 1. The number of rotatable bonds is 4. The second kappa shape index (κ2) is 6.45. The number of halogens is 2. The third kappa shape index (κ3) is 3.74. The van der Waals surface area contributed by atoms with Gasteiger partial charge in [0, 0.05) is 18.1 Å². The lowest BCUT2D eigenvalue weighted by Crippen LogP contribution is -2.21. The zero-order valence-corrected chi connectivity index (χ0v) is 12.8. The van der Waals surface area contributed by atoms with Gasteiger partial charge >= 0.3 is 6.01 Å². The molecular formula is C14H14Cl2N4O. The molecule has 3 rings (SSSR count). The molecule has 1 saturated heterocycles. The van der Waals surface area contributed by atoms with E-state index >= 15 is 0 Å². The van der Waals surface area contributed by atoms with Gasteiger partial charge in [-0.2, -0.15) is 15.0 Å². The predicted octanol–water partition coefficient (Wildman–Crippen LogP) is 3.36. The number of anilines is 1. The number of aromatic nitrogens is 3. The molecule has 1 fully saturated rings. The Morgan fingerprint density at radius 2 is 1.90 bits per heavy atom. The number of nitrogens with zero attached hydrogens (tertiary/aromatic N) is 4. The first-order valence-corrected chi connectivity index (χ1v) is 7.50. The minimum absolute atomic E-state index is 0.146. The van der Waals surface area contributed by atoms with E-state index in [9.17, 15) is 0 Å². The fourth-order valence-electron chi connectivity index (χ4n) is 2.22. The van der Waals surface area contributed by atoms with Gasteiger partial charge in [0.15, 0.2) is 0 Å². The summed E-state index contributed by atoms with van der Waals surface area (Å²) in [5.74, 6) is 0.577. The van der Waals surface area contributed by atoms with Gasteiger partial charge in [0.05, 0.1) is 0 Å².